The maximum atomic E-state index is 11.2. The van der Waals surface area contributed by atoms with Gasteiger partial charge < -0.3 is 19.8 Å². The fraction of sp³-hybridized carbons (Fsp3) is 0.667. The van der Waals surface area contributed by atoms with Crippen molar-refractivity contribution >= 4 is 13.5 Å². The van der Waals surface area contributed by atoms with Crippen LogP contribution < -0.4 is 5.32 Å². The van der Waals surface area contributed by atoms with Crippen LogP contribution in [0.4, 0.5) is 0 Å². The smallest absolute Gasteiger partial charge is 0.327 e. The third-order valence-corrected chi connectivity index (χ3v) is 2.43. The van der Waals surface area contributed by atoms with Crippen molar-refractivity contribution in [2.75, 3.05) is 25.9 Å². The Labute approximate surface area is 94.8 Å². The molecule has 0 aromatic heterocycles. The molecule has 0 aromatic rings. The van der Waals surface area contributed by atoms with Crippen LogP contribution >= 0.6 is 7.60 Å². The average Bonchev–Trinajstić information content (AvgIpc) is 2.19. The van der Waals surface area contributed by atoms with Gasteiger partial charge in [0, 0.05) is 12.1 Å². The molecule has 16 heavy (non-hydrogen) atoms. The predicted molar refractivity (Wildman–Crippen MR) is 60.2 cm³/mol. The molecule has 7 heteroatoms. The van der Waals surface area contributed by atoms with Gasteiger partial charge in [0.2, 0.25) is 5.91 Å². The summed E-state index contributed by atoms with van der Waals surface area (Å²) in [5, 5.41) is 2.62. The molecule has 0 radical (unpaired) electrons. The zero-order chi connectivity index (χ0) is 12.6. The number of rotatable bonds is 8. The number of ether oxygens (including phenoxy) is 1. The van der Waals surface area contributed by atoms with Crippen molar-refractivity contribution in [1.29, 1.82) is 0 Å². The Kier molecular flexibility index (Phi) is 7.25. The topological polar surface area (TPSA) is 95.9 Å². The Morgan fingerprint density at radius 3 is 2.62 bits per heavy atom. The summed E-state index contributed by atoms with van der Waals surface area (Å²) in [7, 11) is -4.02. The van der Waals surface area contributed by atoms with E-state index in [9.17, 15) is 9.36 Å². The molecule has 0 atom stereocenters. The number of hydrogen-bond donors (Lipinski definition) is 3. The molecule has 6 nitrogen and oxygen atoms in total. The zero-order valence-corrected chi connectivity index (χ0v) is 10.2. The van der Waals surface area contributed by atoms with E-state index in [1.807, 2.05) is 6.92 Å². The van der Waals surface area contributed by atoms with Crippen LogP contribution in [0, 0.1) is 0 Å². The van der Waals surface area contributed by atoms with Gasteiger partial charge in [0.1, 0.15) is 0 Å². The number of carbonyl (C=O) groups is 1. The Morgan fingerprint density at radius 2 is 2.12 bits per heavy atom. The Morgan fingerprint density at radius 1 is 1.50 bits per heavy atom. The van der Waals surface area contributed by atoms with E-state index >= 15 is 0 Å². The molecule has 0 aliphatic carbocycles. The van der Waals surface area contributed by atoms with E-state index in [2.05, 4.69) is 11.9 Å². The van der Waals surface area contributed by atoms with Crippen molar-refractivity contribution in [1.82, 2.24) is 5.32 Å². The fourth-order valence-corrected chi connectivity index (χ4v) is 1.17. The van der Waals surface area contributed by atoms with Gasteiger partial charge in [-0.25, -0.2) is 0 Å². The zero-order valence-electron chi connectivity index (χ0n) is 9.31. The first-order valence-corrected chi connectivity index (χ1v) is 6.75. The van der Waals surface area contributed by atoms with E-state index in [1.54, 1.807) is 0 Å². The minimum absolute atomic E-state index is 0.0183. The number of amides is 1. The van der Waals surface area contributed by atoms with Crippen LogP contribution in [0.25, 0.3) is 0 Å². The molecule has 3 N–H and O–H groups in total. The lowest BCUT2D eigenvalue weighted by molar-refractivity contribution is -0.118. The van der Waals surface area contributed by atoms with Crippen molar-refractivity contribution < 1.29 is 23.9 Å². The molecule has 0 rings (SSSR count). The molecule has 0 aromatic carbocycles. The Bertz CT molecular complexity index is 286. The van der Waals surface area contributed by atoms with Crippen LogP contribution in [-0.2, 0) is 14.1 Å². The summed E-state index contributed by atoms with van der Waals surface area (Å²) in [6.07, 6.45) is 0.481. The highest BCUT2D eigenvalue weighted by Gasteiger charge is 2.12. The van der Waals surface area contributed by atoms with Crippen molar-refractivity contribution in [3.63, 3.8) is 0 Å². The first-order valence-electron chi connectivity index (χ1n) is 4.95. The second-order valence-corrected chi connectivity index (χ2v) is 5.08. The Balaban J connectivity index is 3.65. The van der Waals surface area contributed by atoms with Gasteiger partial charge in [-0.3, -0.25) is 9.36 Å². The van der Waals surface area contributed by atoms with E-state index in [0.29, 0.717) is 6.54 Å². The molecule has 0 saturated carbocycles. The number of nitrogens with one attached hydrogen (secondary N) is 1. The second kappa shape index (κ2) is 7.57. The van der Waals surface area contributed by atoms with Gasteiger partial charge in [-0.2, -0.15) is 0 Å². The average molecular weight is 251 g/mol. The molecule has 0 heterocycles. The van der Waals surface area contributed by atoms with Crippen LogP contribution in [0.15, 0.2) is 12.2 Å². The lowest BCUT2D eigenvalue weighted by Crippen LogP contribution is -2.27. The van der Waals surface area contributed by atoms with Gasteiger partial charge in [-0.1, -0.05) is 13.5 Å². The normalized spacial score (nSPS) is 11.2. The van der Waals surface area contributed by atoms with Crippen molar-refractivity contribution in [2.45, 2.75) is 13.3 Å². The summed E-state index contributed by atoms with van der Waals surface area (Å²) >= 11 is 0. The first kappa shape index (κ1) is 15.3. The lowest BCUT2D eigenvalue weighted by Gasteiger charge is -2.08. The molecular weight excluding hydrogens is 233 g/mol. The maximum absolute atomic E-state index is 11.2. The summed E-state index contributed by atoms with van der Waals surface area (Å²) in [4.78, 5) is 28.3. The summed E-state index contributed by atoms with van der Waals surface area (Å²) in [6, 6.07) is 0. The number of hydrogen-bond acceptors (Lipinski definition) is 3. The summed E-state index contributed by atoms with van der Waals surface area (Å²) in [5.74, 6) is -0.293. The SMILES string of the molecule is C=C(COCCP(=O)(O)O)C(=O)NCCC. The van der Waals surface area contributed by atoms with Crippen molar-refractivity contribution in [3.05, 3.63) is 12.2 Å². The second-order valence-electron chi connectivity index (χ2n) is 3.30. The Hall–Kier alpha value is -0.680. The molecule has 0 aliphatic heterocycles. The van der Waals surface area contributed by atoms with Crippen LogP contribution in [0.2, 0.25) is 0 Å². The molecule has 0 bridgehead atoms. The first-order chi connectivity index (χ1) is 7.37. The van der Waals surface area contributed by atoms with E-state index in [0.717, 1.165) is 6.42 Å². The summed E-state index contributed by atoms with van der Waals surface area (Å²) in [5.41, 5.74) is 0.249. The molecule has 0 unspecified atom stereocenters. The minimum atomic E-state index is -4.02. The monoisotopic (exact) mass is 251 g/mol. The van der Waals surface area contributed by atoms with Gasteiger partial charge in [0.15, 0.2) is 0 Å². The van der Waals surface area contributed by atoms with E-state index in [-0.39, 0.29) is 30.9 Å². The van der Waals surface area contributed by atoms with Crippen LogP contribution in [0.3, 0.4) is 0 Å². The van der Waals surface area contributed by atoms with Gasteiger partial charge >= 0.3 is 7.60 Å². The number of carbonyl (C=O) groups excluding carboxylic acids is 1. The van der Waals surface area contributed by atoms with Gasteiger partial charge in [-0.05, 0) is 6.42 Å². The maximum Gasteiger partial charge on any atom is 0.327 e. The highest BCUT2D eigenvalue weighted by Crippen LogP contribution is 2.33. The molecule has 0 spiro atoms. The summed E-state index contributed by atoms with van der Waals surface area (Å²) < 4.78 is 15.4. The fourth-order valence-electron chi connectivity index (χ4n) is 0.808. The van der Waals surface area contributed by atoms with E-state index in [1.165, 1.54) is 0 Å². The quantitative estimate of drug-likeness (QED) is 0.327. The van der Waals surface area contributed by atoms with E-state index < -0.39 is 7.60 Å². The predicted octanol–water partition coefficient (Wildman–Crippen LogP) is 0.263. The molecule has 94 valence electrons. The van der Waals surface area contributed by atoms with Gasteiger partial charge in [0.05, 0.1) is 19.4 Å². The van der Waals surface area contributed by atoms with Crippen LogP contribution in [0.5, 0.6) is 0 Å². The lowest BCUT2D eigenvalue weighted by atomic mass is 10.3. The third kappa shape index (κ3) is 8.61. The van der Waals surface area contributed by atoms with Gasteiger partial charge in [-0.15, -0.1) is 0 Å². The highest BCUT2D eigenvalue weighted by molar-refractivity contribution is 7.51. The van der Waals surface area contributed by atoms with Gasteiger partial charge in [0.25, 0.3) is 0 Å². The third-order valence-electron chi connectivity index (χ3n) is 1.66. The van der Waals surface area contributed by atoms with Crippen LogP contribution in [0.1, 0.15) is 13.3 Å². The minimum Gasteiger partial charge on any atom is -0.376 e. The molecule has 1 amide bonds. The molecule has 0 aliphatic rings. The van der Waals surface area contributed by atoms with Crippen molar-refractivity contribution in [2.24, 2.45) is 0 Å². The highest BCUT2D eigenvalue weighted by atomic mass is 31.2. The van der Waals surface area contributed by atoms with E-state index in [4.69, 9.17) is 14.5 Å². The molecule has 0 saturated heterocycles. The molecular formula is C9H18NO5P. The standard InChI is InChI=1S/C9H18NO5P/c1-3-4-10-9(11)8(2)7-15-5-6-16(12,13)14/h2-7H2,1H3,(H,10,11)(H2,12,13,14). The molecule has 0 fully saturated rings. The van der Waals surface area contributed by atoms with Crippen LogP contribution in [-0.4, -0.2) is 41.6 Å². The van der Waals surface area contributed by atoms with Crippen molar-refractivity contribution in [3.8, 4) is 0 Å². The summed E-state index contributed by atoms with van der Waals surface area (Å²) in [6.45, 7) is 5.90. The largest absolute Gasteiger partial charge is 0.376 e.